The third-order valence-corrected chi connectivity index (χ3v) is 2.55. The van der Waals surface area contributed by atoms with Crippen LogP contribution in [0, 0.1) is 0 Å². The predicted molar refractivity (Wildman–Crippen MR) is 60.1 cm³/mol. The van der Waals surface area contributed by atoms with E-state index in [0.717, 1.165) is 13.1 Å². The second-order valence-corrected chi connectivity index (χ2v) is 3.81. The Morgan fingerprint density at radius 1 is 1.44 bits per heavy atom. The van der Waals surface area contributed by atoms with Gasteiger partial charge in [0.15, 0.2) is 0 Å². The molecule has 4 N–H and O–H groups in total. The van der Waals surface area contributed by atoms with Gasteiger partial charge >= 0.3 is 6.03 Å². The smallest absolute Gasteiger partial charge is 0.315 e. The van der Waals surface area contributed by atoms with Crippen molar-refractivity contribution < 1.29 is 9.90 Å². The minimum atomic E-state index is -0.199. The van der Waals surface area contributed by atoms with E-state index >= 15 is 0 Å². The van der Waals surface area contributed by atoms with E-state index in [2.05, 4.69) is 16.0 Å². The van der Waals surface area contributed by atoms with Crippen molar-refractivity contribution in [1.29, 1.82) is 0 Å². The number of rotatable bonds is 3. The summed E-state index contributed by atoms with van der Waals surface area (Å²) in [5.41, 5.74) is 0.712. The summed E-state index contributed by atoms with van der Waals surface area (Å²) in [6.07, 6.45) is 0. The van der Waals surface area contributed by atoms with E-state index in [1.54, 1.807) is 18.2 Å². The zero-order chi connectivity index (χ0) is 11.4. The molecule has 1 aliphatic rings. The second kappa shape index (κ2) is 4.85. The largest absolute Gasteiger partial charge is 0.508 e. The Morgan fingerprint density at radius 3 is 2.81 bits per heavy atom. The number of carbonyl (C=O) groups excluding carboxylic acids is 1. The minimum Gasteiger partial charge on any atom is -0.508 e. The van der Waals surface area contributed by atoms with Gasteiger partial charge in [0.1, 0.15) is 5.75 Å². The second-order valence-electron chi connectivity index (χ2n) is 3.81. The van der Waals surface area contributed by atoms with Crippen LogP contribution < -0.4 is 16.0 Å². The maximum Gasteiger partial charge on any atom is 0.315 e. The highest BCUT2D eigenvalue weighted by molar-refractivity contribution is 5.74. The van der Waals surface area contributed by atoms with Gasteiger partial charge in [-0.25, -0.2) is 4.79 Å². The average molecular weight is 221 g/mol. The molecule has 1 aromatic rings. The van der Waals surface area contributed by atoms with Crippen LogP contribution in [-0.4, -0.2) is 30.3 Å². The predicted octanol–water partition coefficient (Wildman–Crippen LogP) is 0.163. The lowest BCUT2D eigenvalue weighted by Crippen LogP contribution is -2.58. The summed E-state index contributed by atoms with van der Waals surface area (Å²) < 4.78 is 0. The molecule has 2 rings (SSSR count). The lowest BCUT2D eigenvalue weighted by Gasteiger charge is -2.27. The van der Waals surface area contributed by atoms with Crippen LogP contribution in [0.4, 0.5) is 4.79 Å². The number of phenols is 1. The Kier molecular flexibility index (Phi) is 3.26. The van der Waals surface area contributed by atoms with Crippen LogP contribution in [0.25, 0.3) is 0 Å². The van der Waals surface area contributed by atoms with Crippen molar-refractivity contribution in [3.8, 4) is 5.75 Å². The minimum absolute atomic E-state index is 0.199. The van der Waals surface area contributed by atoms with Crippen molar-refractivity contribution >= 4 is 6.03 Å². The molecule has 5 nitrogen and oxygen atoms in total. The molecule has 0 aromatic heterocycles. The SMILES string of the molecule is O=C(NCc1ccccc1O)NC1CNC1. The summed E-state index contributed by atoms with van der Waals surface area (Å²) in [6.45, 7) is 1.98. The molecular formula is C11H15N3O2. The Morgan fingerprint density at radius 2 is 2.19 bits per heavy atom. The number of urea groups is 1. The van der Waals surface area contributed by atoms with Crippen molar-refractivity contribution in [2.45, 2.75) is 12.6 Å². The standard InChI is InChI=1S/C11H15N3O2/c15-10-4-2-1-3-8(10)5-13-11(16)14-9-6-12-7-9/h1-4,9,12,15H,5-7H2,(H2,13,14,16). The molecule has 0 aliphatic carbocycles. The first-order valence-corrected chi connectivity index (χ1v) is 5.27. The number of phenolic OH excluding ortho intramolecular Hbond substituents is 1. The first-order valence-electron chi connectivity index (χ1n) is 5.27. The van der Waals surface area contributed by atoms with Crippen LogP contribution in [0.15, 0.2) is 24.3 Å². The fourth-order valence-corrected chi connectivity index (χ4v) is 1.46. The molecule has 1 heterocycles. The first kappa shape index (κ1) is 10.8. The summed E-state index contributed by atoms with van der Waals surface area (Å²) in [4.78, 5) is 11.4. The number of carbonyl (C=O) groups is 1. The van der Waals surface area contributed by atoms with E-state index in [9.17, 15) is 9.90 Å². The van der Waals surface area contributed by atoms with Gasteiger partial charge in [-0.15, -0.1) is 0 Å². The quantitative estimate of drug-likeness (QED) is 0.587. The number of aromatic hydroxyl groups is 1. The molecule has 0 saturated carbocycles. The van der Waals surface area contributed by atoms with E-state index in [1.807, 2.05) is 6.07 Å². The third-order valence-electron chi connectivity index (χ3n) is 2.55. The molecule has 0 unspecified atom stereocenters. The summed E-state index contributed by atoms with van der Waals surface area (Å²) >= 11 is 0. The highest BCUT2D eigenvalue weighted by Gasteiger charge is 2.18. The van der Waals surface area contributed by atoms with Crippen molar-refractivity contribution in [3.63, 3.8) is 0 Å². The molecule has 86 valence electrons. The molecule has 5 heteroatoms. The number of para-hydroxylation sites is 1. The lowest BCUT2D eigenvalue weighted by atomic mass is 10.2. The van der Waals surface area contributed by atoms with Gasteiger partial charge in [-0.3, -0.25) is 0 Å². The van der Waals surface area contributed by atoms with Crippen molar-refractivity contribution in [2.24, 2.45) is 0 Å². The Hall–Kier alpha value is -1.75. The van der Waals surface area contributed by atoms with Crippen molar-refractivity contribution in [2.75, 3.05) is 13.1 Å². The van der Waals surface area contributed by atoms with E-state index in [0.29, 0.717) is 12.1 Å². The first-order chi connectivity index (χ1) is 7.75. The van der Waals surface area contributed by atoms with Gasteiger partial charge in [-0.2, -0.15) is 0 Å². The normalized spacial score (nSPS) is 15.2. The Bertz CT molecular complexity index is 377. The van der Waals surface area contributed by atoms with Crippen LogP contribution in [-0.2, 0) is 6.54 Å². The van der Waals surface area contributed by atoms with Crippen LogP contribution in [0.5, 0.6) is 5.75 Å². The van der Waals surface area contributed by atoms with Crippen molar-refractivity contribution in [3.05, 3.63) is 29.8 Å². The topological polar surface area (TPSA) is 73.4 Å². The summed E-state index contributed by atoms with van der Waals surface area (Å²) in [7, 11) is 0. The molecule has 0 bridgehead atoms. The molecule has 1 fully saturated rings. The number of nitrogens with one attached hydrogen (secondary N) is 3. The number of benzene rings is 1. The number of amides is 2. The maximum atomic E-state index is 11.4. The molecule has 16 heavy (non-hydrogen) atoms. The average Bonchev–Trinajstić information content (AvgIpc) is 2.22. The molecule has 0 spiro atoms. The van der Waals surface area contributed by atoms with Crippen LogP contribution >= 0.6 is 0 Å². The highest BCUT2D eigenvalue weighted by Crippen LogP contribution is 2.14. The highest BCUT2D eigenvalue weighted by atomic mass is 16.3. The molecule has 0 atom stereocenters. The van der Waals surface area contributed by atoms with E-state index in [4.69, 9.17) is 0 Å². The molecule has 1 saturated heterocycles. The van der Waals surface area contributed by atoms with Gasteiger partial charge in [0.2, 0.25) is 0 Å². The Labute approximate surface area is 93.9 Å². The summed E-state index contributed by atoms with van der Waals surface area (Å²) in [5, 5.41) is 18.1. The molecule has 1 aliphatic heterocycles. The number of hydrogen-bond donors (Lipinski definition) is 4. The Balaban J connectivity index is 1.78. The van der Waals surface area contributed by atoms with E-state index in [-0.39, 0.29) is 17.8 Å². The monoisotopic (exact) mass is 221 g/mol. The molecule has 1 aromatic carbocycles. The van der Waals surface area contributed by atoms with Gasteiger partial charge in [-0.1, -0.05) is 18.2 Å². The van der Waals surface area contributed by atoms with E-state index in [1.165, 1.54) is 0 Å². The number of hydrogen-bond acceptors (Lipinski definition) is 3. The lowest BCUT2D eigenvalue weighted by molar-refractivity contribution is 0.231. The maximum absolute atomic E-state index is 11.4. The molecule has 2 amide bonds. The van der Waals surface area contributed by atoms with Gasteiger partial charge < -0.3 is 21.1 Å². The van der Waals surface area contributed by atoms with Gasteiger partial charge in [0.05, 0.1) is 6.04 Å². The van der Waals surface area contributed by atoms with Crippen LogP contribution in [0.1, 0.15) is 5.56 Å². The summed E-state index contributed by atoms with van der Waals surface area (Å²) in [6, 6.07) is 6.98. The fourth-order valence-electron chi connectivity index (χ4n) is 1.46. The third kappa shape index (κ3) is 2.64. The zero-order valence-corrected chi connectivity index (χ0v) is 8.86. The summed E-state index contributed by atoms with van der Waals surface area (Å²) in [5.74, 6) is 0.202. The van der Waals surface area contributed by atoms with Gasteiger partial charge in [-0.05, 0) is 6.07 Å². The van der Waals surface area contributed by atoms with Crippen molar-refractivity contribution in [1.82, 2.24) is 16.0 Å². The van der Waals surface area contributed by atoms with Gasteiger partial charge in [0.25, 0.3) is 0 Å². The molecular weight excluding hydrogens is 206 g/mol. The fraction of sp³-hybridized carbons (Fsp3) is 0.364. The molecule has 0 radical (unpaired) electrons. The van der Waals surface area contributed by atoms with Crippen LogP contribution in [0.2, 0.25) is 0 Å². The zero-order valence-electron chi connectivity index (χ0n) is 8.86. The van der Waals surface area contributed by atoms with E-state index < -0.39 is 0 Å². The van der Waals surface area contributed by atoms with Crippen LogP contribution in [0.3, 0.4) is 0 Å². The van der Waals surface area contributed by atoms with Gasteiger partial charge in [0, 0.05) is 25.2 Å².